The number of alkyl halides is 1. The second kappa shape index (κ2) is 4.16. The Hall–Kier alpha value is -2.17. The van der Waals surface area contributed by atoms with Crippen molar-refractivity contribution in [2.45, 2.75) is 32.5 Å². The number of hydrogen-bond acceptors (Lipinski definition) is 3. The molecule has 0 aliphatic carbocycles. The Bertz CT molecular complexity index is 786. The molecule has 0 spiro atoms. The molecule has 1 atom stereocenters. The van der Waals surface area contributed by atoms with E-state index in [1.54, 1.807) is 20.2 Å². The van der Waals surface area contributed by atoms with Gasteiger partial charge in [0.1, 0.15) is 11.2 Å². The molecule has 20 heavy (non-hydrogen) atoms. The zero-order valence-corrected chi connectivity index (χ0v) is 11.8. The summed E-state index contributed by atoms with van der Waals surface area (Å²) in [6.45, 7) is 4.97. The van der Waals surface area contributed by atoms with E-state index in [0.29, 0.717) is 11.3 Å². The second-order valence-corrected chi connectivity index (χ2v) is 5.60. The third kappa shape index (κ3) is 1.81. The Morgan fingerprint density at radius 2 is 2.00 bits per heavy atom. The number of nitrogens with zero attached hydrogens (tertiary/aromatic N) is 3. The zero-order valence-electron chi connectivity index (χ0n) is 11.8. The van der Waals surface area contributed by atoms with Crippen molar-refractivity contribution in [2.75, 3.05) is 5.73 Å². The minimum Gasteiger partial charge on any atom is -0.382 e. The van der Waals surface area contributed by atoms with Gasteiger partial charge in [0, 0.05) is 5.39 Å². The predicted octanol–water partition coefficient (Wildman–Crippen LogP) is 3.48. The van der Waals surface area contributed by atoms with E-state index in [1.807, 2.05) is 35.8 Å². The number of halogens is 1. The van der Waals surface area contributed by atoms with Crippen LogP contribution in [0.4, 0.5) is 10.2 Å². The number of aromatic nitrogens is 3. The maximum absolute atomic E-state index is 14.3. The molecule has 0 saturated carbocycles. The van der Waals surface area contributed by atoms with Crippen LogP contribution in [0.2, 0.25) is 0 Å². The summed E-state index contributed by atoms with van der Waals surface area (Å²) in [6.07, 6.45) is 1.64. The van der Waals surface area contributed by atoms with E-state index in [4.69, 9.17) is 5.73 Å². The van der Waals surface area contributed by atoms with Crippen molar-refractivity contribution in [3.05, 3.63) is 30.6 Å². The van der Waals surface area contributed by atoms with Gasteiger partial charge in [0.25, 0.3) is 0 Å². The first-order valence-corrected chi connectivity index (χ1v) is 6.59. The van der Waals surface area contributed by atoms with Crippen molar-refractivity contribution < 1.29 is 4.39 Å². The summed E-state index contributed by atoms with van der Waals surface area (Å²) in [5, 5.41) is 0.935. The van der Waals surface area contributed by atoms with Crippen LogP contribution in [0.25, 0.3) is 21.9 Å². The third-order valence-corrected chi connectivity index (χ3v) is 3.85. The van der Waals surface area contributed by atoms with Gasteiger partial charge in [0.05, 0.1) is 23.4 Å². The highest BCUT2D eigenvalue weighted by atomic mass is 19.1. The molecule has 0 aliphatic rings. The van der Waals surface area contributed by atoms with Gasteiger partial charge in [-0.1, -0.05) is 18.2 Å². The molecule has 0 bridgehead atoms. The first-order chi connectivity index (χ1) is 9.39. The summed E-state index contributed by atoms with van der Waals surface area (Å²) in [6, 6.07) is 7.35. The van der Waals surface area contributed by atoms with Crippen LogP contribution in [-0.4, -0.2) is 20.2 Å². The number of rotatable bonds is 2. The molecule has 0 radical (unpaired) electrons. The number of para-hydroxylation sites is 1. The van der Waals surface area contributed by atoms with Gasteiger partial charge in [-0.3, -0.25) is 0 Å². The van der Waals surface area contributed by atoms with Crippen molar-refractivity contribution in [1.82, 2.24) is 14.5 Å². The van der Waals surface area contributed by atoms with Gasteiger partial charge in [-0.05, 0) is 26.8 Å². The topological polar surface area (TPSA) is 56.7 Å². The van der Waals surface area contributed by atoms with Crippen LogP contribution in [0.1, 0.15) is 26.8 Å². The van der Waals surface area contributed by atoms with Crippen molar-refractivity contribution >= 4 is 27.8 Å². The maximum atomic E-state index is 14.3. The van der Waals surface area contributed by atoms with Crippen molar-refractivity contribution in [3.63, 3.8) is 0 Å². The van der Waals surface area contributed by atoms with E-state index in [2.05, 4.69) is 9.97 Å². The second-order valence-electron chi connectivity index (χ2n) is 5.60. The van der Waals surface area contributed by atoms with E-state index in [0.717, 1.165) is 16.4 Å². The predicted molar refractivity (Wildman–Crippen MR) is 79.3 cm³/mol. The average molecular weight is 272 g/mol. The lowest BCUT2D eigenvalue weighted by molar-refractivity contribution is 0.143. The molecule has 0 amide bonds. The zero-order chi connectivity index (χ0) is 14.5. The summed E-state index contributed by atoms with van der Waals surface area (Å²) in [7, 11) is 0. The summed E-state index contributed by atoms with van der Waals surface area (Å²) in [5.74, 6) is 0.376. The van der Waals surface area contributed by atoms with Crippen molar-refractivity contribution in [1.29, 1.82) is 0 Å². The van der Waals surface area contributed by atoms with E-state index in [-0.39, 0.29) is 6.04 Å². The first-order valence-electron chi connectivity index (χ1n) is 6.59. The molecular formula is C15H17FN4. The minimum absolute atomic E-state index is 0.349. The van der Waals surface area contributed by atoms with Crippen LogP contribution in [0, 0.1) is 0 Å². The summed E-state index contributed by atoms with van der Waals surface area (Å²) in [4.78, 5) is 8.66. The standard InChI is InChI=1S/C15H17FN4/c1-9(15(2,3)16)20-8-18-12-13(20)10-6-4-5-7-11(10)19-14(12)17/h4-9H,1-3H3,(H2,17,19)/t9-/m0/s1. The molecule has 2 heterocycles. The van der Waals surface area contributed by atoms with Crippen LogP contribution in [0.15, 0.2) is 30.6 Å². The number of fused-ring (bicyclic) bond motifs is 3. The lowest BCUT2D eigenvalue weighted by Crippen LogP contribution is -2.26. The lowest BCUT2D eigenvalue weighted by atomic mass is 10.0. The fourth-order valence-electron chi connectivity index (χ4n) is 2.39. The Balaban J connectivity index is 2.41. The summed E-state index contributed by atoms with van der Waals surface area (Å²) in [5.41, 5.74) is 6.87. The van der Waals surface area contributed by atoms with E-state index < -0.39 is 5.67 Å². The van der Waals surface area contributed by atoms with Crippen LogP contribution < -0.4 is 5.73 Å². The highest BCUT2D eigenvalue weighted by molar-refractivity contribution is 6.06. The highest BCUT2D eigenvalue weighted by Crippen LogP contribution is 2.33. The molecule has 2 N–H and O–H groups in total. The SMILES string of the molecule is C[C@H](n1cnc2c(N)nc3ccccc3c21)C(C)(C)F. The molecule has 0 fully saturated rings. The quantitative estimate of drug-likeness (QED) is 0.777. The lowest BCUT2D eigenvalue weighted by Gasteiger charge is -2.25. The van der Waals surface area contributed by atoms with Gasteiger partial charge in [0.2, 0.25) is 0 Å². The number of nitrogen functional groups attached to an aromatic ring is 1. The molecule has 4 nitrogen and oxygen atoms in total. The molecule has 3 rings (SSSR count). The number of nitrogens with two attached hydrogens (primary N) is 1. The van der Waals surface area contributed by atoms with E-state index in [1.165, 1.54) is 0 Å². The molecule has 0 aliphatic heterocycles. The molecule has 0 unspecified atom stereocenters. The van der Waals surface area contributed by atoms with Crippen LogP contribution in [-0.2, 0) is 0 Å². The monoisotopic (exact) mass is 272 g/mol. The van der Waals surface area contributed by atoms with Gasteiger partial charge < -0.3 is 10.3 Å². The van der Waals surface area contributed by atoms with Crippen LogP contribution in [0.3, 0.4) is 0 Å². The molecule has 0 saturated heterocycles. The number of benzene rings is 1. The Morgan fingerprint density at radius 1 is 1.30 bits per heavy atom. The maximum Gasteiger partial charge on any atom is 0.152 e. The fourth-order valence-corrected chi connectivity index (χ4v) is 2.39. The van der Waals surface area contributed by atoms with Crippen molar-refractivity contribution in [3.8, 4) is 0 Å². The number of hydrogen-bond donors (Lipinski definition) is 1. The number of anilines is 1. The van der Waals surface area contributed by atoms with Crippen LogP contribution >= 0.6 is 0 Å². The number of imidazole rings is 1. The molecular weight excluding hydrogens is 255 g/mol. The normalized spacial score (nSPS) is 14.0. The fraction of sp³-hybridized carbons (Fsp3) is 0.333. The Kier molecular flexibility index (Phi) is 2.67. The number of pyridine rings is 1. The van der Waals surface area contributed by atoms with E-state index in [9.17, 15) is 4.39 Å². The molecule has 3 aromatic rings. The largest absolute Gasteiger partial charge is 0.382 e. The Morgan fingerprint density at radius 3 is 2.70 bits per heavy atom. The highest BCUT2D eigenvalue weighted by Gasteiger charge is 2.28. The summed E-state index contributed by atoms with van der Waals surface area (Å²) >= 11 is 0. The van der Waals surface area contributed by atoms with Crippen LogP contribution in [0.5, 0.6) is 0 Å². The smallest absolute Gasteiger partial charge is 0.152 e. The minimum atomic E-state index is -1.35. The molecule has 1 aromatic carbocycles. The van der Waals surface area contributed by atoms with E-state index >= 15 is 0 Å². The summed E-state index contributed by atoms with van der Waals surface area (Å²) < 4.78 is 16.1. The Labute approximate surface area is 116 Å². The average Bonchev–Trinajstić information content (AvgIpc) is 2.82. The molecule has 2 aromatic heterocycles. The van der Waals surface area contributed by atoms with Gasteiger partial charge in [-0.15, -0.1) is 0 Å². The first kappa shape index (κ1) is 12.8. The molecule has 104 valence electrons. The third-order valence-electron chi connectivity index (χ3n) is 3.85. The van der Waals surface area contributed by atoms with Gasteiger partial charge >= 0.3 is 0 Å². The van der Waals surface area contributed by atoms with Crippen molar-refractivity contribution in [2.24, 2.45) is 0 Å². The van der Waals surface area contributed by atoms with Gasteiger partial charge in [0.15, 0.2) is 5.82 Å². The molecule has 5 heteroatoms. The van der Waals surface area contributed by atoms with Gasteiger partial charge in [-0.2, -0.15) is 0 Å². The van der Waals surface area contributed by atoms with Gasteiger partial charge in [-0.25, -0.2) is 14.4 Å².